The van der Waals surface area contributed by atoms with Crippen molar-refractivity contribution in [3.63, 3.8) is 0 Å². The molecule has 22 heavy (non-hydrogen) atoms. The lowest BCUT2D eigenvalue weighted by Crippen LogP contribution is -2.50. The van der Waals surface area contributed by atoms with E-state index >= 15 is 0 Å². The molecule has 2 N–H and O–H groups in total. The van der Waals surface area contributed by atoms with Gasteiger partial charge in [-0.3, -0.25) is 4.79 Å². The van der Waals surface area contributed by atoms with Gasteiger partial charge in [-0.05, 0) is 31.0 Å². The lowest BCUT2D eigenvalue weighted by molar-refractivity contribution is -0.132. The molecular formula is C16H23N3O3. The molecule has 1 fully saturated rings. The number of anilines is 1. The van der Waals surface area contributed by atoms with Crippen LogP contribution in [0, 0.1) is 0 Å². The number of nitrogens with zero attached hydrogens (tertiary/aromatic N) is 2. The van der Waals surface area contributed by atoms with Gasteiger partial charge >= 0.3 is 6.09 Å². The molecule has 1 saturated heterocycles. The SMILES string of the molecule is CCOC(=O)N1CCN(C(=O)CCc2cccc(N)c2)CC1. The molecule has 1 aromatic rings. The van der Waals surface area contributed by atoms with E-state index in [9.17, 15) is 9.59 Å². The third-order valence-electron chi connectivity index (χ3n) is 3.74. The molecule has 6 heteroatoms. The average molecular weight is 305 g/mol. The largest absolute Gasteiger partial charge is 0.450 e. The molecule has 1 aromatic carbocycles. The second kappa shape index (κ2) is 7.68. The number of ether oxygens (including phenoxy) is 1. The summed E-state index contributed by atoms with van der Waals surface area (Å²) in [5.41, 5.74) is 7.52. The summed E-state index contributed by atoms with van der Waals surface area (Å²) in [6.07, 6.45) is 0.847. The van der Waals surface area contributed by atoms with Crippen molar-refractivity contribution < 1.29 is 14.3 Å². The quantitative estimate of drug-likeness (QED) is 0.855. The van der Waals surface area contributed by atoms with Gasteiger partial charge in [0.2, 0.25) is 5.91 Å². The zero-order chi connectivity index (χ0) is 15.9. The molecule has 0 aliphatic carbocycles. The first-order valence-electron chi connectivity index (χ1n) is 7.64. The second-order valence-corrected chi connectivity index (χ2v) is 5.31. The number of nitrogens with two attached hydrogens (primary N) is 1. The fourth-order valence-corrected chi connectivity index (χ4v) is 2.51. The topological polar surface area (TPSA) is 75.9 Å². The van der Waals surface area contributed by atoms with Gasteiger partial charge in [-0.25, -0.2) is 4.79 Å². The molecule has 1 aliphatic rings. The Morgan fingerprint density at radius 1 is 1.18 bits per heavy atom. The highest BCUT2D eigenvalue weighted by atomic mass is 16.6. The van der Waals surface area contributed by atoms with Crippen LogP contribution in [0.25, 0.3) is 0 Å². The summed E-state index contributed by atoms with van der Waals surface area (Å²) in [6.45, 7) is 4.35. The Balaban J connectivity index is 1.76. The van der Waals surface area contributed by atoms with E-state index in [0.29, 0.717) is 51.3 Å². The van der Waals surface area contributed by atoms with Gasteiger partial charge < -0.3 is 20.3 Å². The number of benzene rings is 1. The van der Waals surface area contributed by atoms with Crippen molar-refractivity contribution in [2.75, 3.05) is 38.5 Å². The van der Waals surface area contributed by atoms with E-state index in [1.165, 1.54) is 0 Å². The van der Waals surface area contributed by atoms with Crippen molar-refractivity contribution >= 4 is 17.7 Å². The smallest absolute Gasteiger partial charge is 0.409 e. The van der Waals surface area contributed by atoms with Gasteiger partial charge in [0.1, 0.15) is 0 Å². The molecule has 1 aliphatic heterocycles. The van der Waals surface area contributed by atoms with Crippen LogP contribution >= 0.6 is 0 Å². The zero-order valence-corrected chi connectivity index (χ0v) is 13.0. The minimum atomic E-state index is -0.297. The zero-order valence-electron chi connectivity index (χ0n) is 13.0. The molecule has 0 aromatic heterocycles. The number of piperazine rings is 1. The lowest BCUT2D eigenvalue weighted by Gasteiger charge is -2.34. The number of hydrogen-bond donors (Lipinski definition) is 1. The van der Waals surface area contributed by atoms with Crippen LogP contribution in [-0.4, -0.2) is 54.6 Å². The van der Waals surface area contributed by atoms with Crippen LogP contribution in [0.15, 0.2) is 24.3 Å². The van der Waals surface area contributed by atoms with Crippen LogP contribution < -0.4 is 5.73 Å². The van der Waals surface area contributed by atoms with Gasteiger partial charge in [0, 0.05) is 38.3 Å². The minimum absolute atomic E-state index is 0.117. The molecule has 0 bridgehead atoms. The highest BCUT2D eigenvalue weighted by Gasteiger charge is 2.24. The highest BCUT2D eigenvalue weighted by molar-refractivity contribution is 5.77. The molecule has 0 unspecified atom stereocenters. The van der Waals surface area contributed by atoms with Crippen molar-refractivity contribution in [1.29, 1.82) is 0 Å². The molecule has 0 radical (unpaired) electrons. The van der Waals surface area contributed by atoms with Gasteiger partial charge in [-0.2, -0.15) is 0 Å². The molecule has 120 valence electrons. The number of rotatable bonds is 4. The number of amides is 2. The molecule has 0 atom stereocenters. The fourth-order valence-electron chi connectivity index (χ4n) is 2.51. The van der Waals surface area contributed by atoms with Crippen LogP contribution in [0.3, 0.4) is 0 Å². The third kappa shape index (κ3) is 4.38. The van der Waals surface area contributed by atoms with Gasteiger partial charge in [0.25, 0.3) is 0 Å². The summed E-state index contributed by atoms with van der Waals surface area (Å²) in [7, 11) is 0. The van der Waals surface area contributed by atoms with Crippen molar-refractivity contribution in [2.24, 2.45) is 0 Å². The van der Waals surface area contributed by atoms with E-state index in [-0.39, 0.29) is 12.0 Å². The van der Waals surface area contributed by atoms with Crippen LogP contribution in [0.4, 0.5) is 10.5 Å². The fraction of sp³-hybridized carbons (Fsp3) is 0.500. The first kappa shape index (κ1) is 16.1. The molecule has 6 nitrogen and oxygen atoms in total. The minimum Gasteiger partial charge on any atom is -0.450 e. The van der Waals surface area contributed by atoms with Crippen LogP contribution in [0.1, 0.15) is 18.9 Å². The Morgan fingerprint density at radius 3 is 2.50 bits per heavy atom. The summed E-state index contributed by atoms with van der Waals surface area (Å²) in [6, 6.07) is 7.60. The van der Waals surface area contributed by atoms with E-state index in [1.54, 1.807) is 11.8 Å². The summed E-state index contributed by atoms with van der Waals surface area (Å²) < 4.78 is 4.97. The average Bonchev–Trinajstić information content (AvgIpc) is 2.53. The Bertz CT molecular complexity index is 525. The predicted octanol–water partition coefficient (Wildman–Crippen LogP) is 1.50. The lowest BCUT2D eigenvalue weighted by atomic mass is 10.1. The number of carbonyl (C=O) groups excluding carboxylic acids is 2. The predicted molar refractivity (Wildman–Crippen MR) is 84.4 cm³/mol. The van der Waals surface area contributed by atoms with Crippen molar-refractivity contribution in [3.8, 4) is 0 Å². The van der Waals surface area contributed by atoms with Crippen molar-refractivity contribution in [1.82, 2.24) is 9.80 Å². The number of hydrogen-bond acceptors (Lipinski definition) is 4. The Labute approximate surface area is 130 Å². The summed E-state index contributed by atoms with van der Waals surface area (Å²) in [5, 5.41) is 0. The third-order valence-corrected chi connectivity index (χ3v) is 3.74. The Kier molecular flexibility index (Phi) is 5.63. The highest BCUT2D eigenvalue weighted by Crippen LogP contribution is 2.11. The van der Waals surface area contributed by atoms with E-state index in [1.807, 2.05) is 29.2 Å². The number of nitrogen functional groups attached to an aromatic ring is 1. The maximum Gasteiger partial charge on any atom is 0.409 e. The first-order chi connectivity index (χ1) is 10.6. The monoisotopic (exact) mass is 305 g/mol. The van der Waals surface area contributed by atoms with E-state index in [4.69, 9.17) is 10.5 Å². The molecule has 0 saturated carbocycles. The summed E-state index contributed by atoms with van der Waals surface area (Å²) >= 11 is 0. The summed E-state index contributed by atoms with van der Waals surface area (Å²) in [4.78, 5) is 27.3. The number of aryl methyl sites for hydroxylation is 1. The first-order valence-corrected chi connectivity index (χ1v) is 7.64. The molecule has 1 heterocycles. The van der Waals surface area contributed by atoms with Crippen molar-refractivity contribution in [3.05, 3.63) is 29.8 Å². The van der Waals surface area contributed by atoms with Crippen LogP contribution in [0.2, 0.25) is 0 Å². The maximum atomic E-state index is 12.2. The van der Waals surface area contributed by atoms with Gasteiger partial charge in [0.05, 0.1) is 6.61 Å². The van der Waals surface area contributed by atoms with E-state index in [2.05, 4.69) is 0 Å². The van der Waals surface area contributed by atoms with Crippen LogP contribution in [-0.2, 0) is 16.0 Å². The normalized spacial score (nSPS) is 14.8. The van der Waals surface area contributed by atoms with Gasteiger partial charge in [-0.15, -0.1) is 0 Å². The standard InChI is InChI=1S/C16H23N3O3/c1-2-22-16(21)19-10-8-18(9-11-19)15(20)7-6-13-4-3-5-14(17)12-13/h3-5,12H,2,6-11,17H2,1H3. The molecule has 2 rings (SSSR count). The van der Waals surface area contributed by atoms with Crippen LogP contribution in [0.5, 0.6) is 0 Å². The molecular weight excluding hydrogens is 282 g/mol. The second-order valence-electron chi connectivity index (χ2n) is 5.31. The van der Waals surface area contributed by atoms with E-state index in [0.717, 1.165) is 5.56 Å². The maximum absolute atomic E-state index is 12.2. The molecule has 0 spiro atoms. The molecule has 2 amide bonds. The van der Waals surface area contributed by atoms with Gasteiger partial charge in [-0.1, -0.05) is 12.1 Å². The van der Waals surface area contributed by atoms with E-state index < -0.39 is 0 Å². The van der Waals surface area contributed by atoms with Crippen molar-refractivity contribution in [2.45, 2.75) is 19.8 Å². The Morgan fingerprint density at radius 2 is 1.86 bits per heavy atom. The number of carbonyl (C=O) groups is 2. The van der Waals surface area contributed by atoms with Gasteiger partial charge in [0.15, 0.2) is 0 Å². The Hall–Kier alpha value is -2.24. The summed E-state index contributed by atoms with van der Waals surface area (Å²) in [5.74, 6) is 0.117.